The summed E-state index contributed by atoms with van der Waals surface area (Å²) in [5.74, 6) is -0.547. The predicted octanol–water partition coefficient (Wildman–Crippen LogP) is 8.86. The van der Waals surface area contributed by atoms with Crippen LogP contribution in [0.4, 0.5) is 26.3 Å². The van der Waals surface area contributed by atoms with Gasteiger partial charge in [0.25, 0.3) is 5.60 Å². The summed E-state index contributed by atoms with van der Waals surface area (Å²) in [4.78, 5) is 5.35. The first-order chi connectivity index (χ1) is 16.0. The van der Waals surface area contributed by atoms with Crippen LogP contribution in [-0.4, -0.2) is 22.9 Å². The maximum Gasteiger partial charge on any atom is 0.437 e. The highest BCUT2D eigenvalue weighted by atomic mass is 32.1. The molecule has 0 bridgehead atoms. The zero-order valence-corrected chi connectivity index (χ0v) is 19.6. The smallest absolute Gasteiger partial charge is 0.437 e. The zero-order chi connectivity index (χ0) is 25.0. The molecule has 2 heterocycles. The number of pyridine rings is 1. The third-order valence-corrected chi connectivity index (χ3v) is 6.61. The molecule has 0 aliphatic carbocycles. The Kier molecular flexibility index (Phi) is 7.95. The molecule has 0 unspecified atom stereocenters. The molecule has 3 rings (SSSR count). The van der Waals surface area contributed by atoms with Crippen molar-refractivity contribution in [2.75, 3.05) is 0 Å². The summed E-state index contributed by atoms with van der Waals surface area (Å²) in [7, 11) is 0. The van der Waals surface area contributed by atoms with Gasteiger partial charge in [0, 0.05) is 16.6 Å². The number of aryl methyl sites for hydroxylation is 1. The average Bonchev–Trinajstić information content (AvgIpc) is 3.24. The van der Waals surface area contributed by atoms with Crippen molar-refractivity contribution in [3.05, 3.63) is 59.6 Å². The second kappa shape index (κ2) is 10.4. The first-order valence-electron chi connectivity index (χ1n) is 10.9. The van der Waals surface area contributed by atoms with E-state index in [1.54, 1.807) is 29.7 Å². The number of hydrogen-bond donors (Lipinski definition) is 0. The van der Waals surface area contributed by atoms with Crippen LogP contribution in [0.2, 0.25) is 0 Å². The second-order valence-electron chi connectivity index (χ2n) is 8.17. The Bertz CT molecular complexity index is 1080. The summed E-state index contributed by atoms with van der Waals surface area (Å²) in [5, 5.41) is 2.01. The van der Waals surface area contributed by atoms with E-state index in [0.717, 1.165) is 48.3 Å². The van der Waals surface area contributed by atoms with Crippen LogP contribution in [0, 0.1) is 0 Å². The number of benzene rings is 1. The van der Waals surface area contributed by atoms with Crippen molar-refractivity contribution in [3.8, 4) is 27.4 Å². The van der Waals surface area contributed by atoms with Crippen molar-refractivity contribution >= 4 is 11.3 Å². The predicted molar refractivity (Wildman–Crippen MR) is 122 cm³/mol. The number of rotatable bonds is 9. The van der Waals surface area contributed by atoms with Crippen LogP contribution >= 0.6 is 11.3 Å². The van der Waals surface area contributed by atoms with Gasteiger partial charge in [-0.15, -0.1) is 11.3 Å². The molecule has 34 heavy (non-hydrogen) atoms. The number of hydrogen-bond acceptors (Lipinski definition) is 3. The van der Waals surface area contributed by atoms with Crippen LogP contribution in [-0.2, 0) is 6.42 Å². The molecule has 184 valence electrons. The Morgan fingerprint density at radius 3 is 2.29 bits per heavy atom. The molecule has 0 spiro atoms. The van der Waals surface area contributed by atoms with Crippen LogP contribution in [0.25, 0.3) is 21.7 Å². The monoisotopic (exact) mass is 501 g/mol. The number of alkyl halides is 6. The molecular weight excluding hydrogens is 476 g/mol. The Hall–Kier alpha value is -2.55. The van der Waals surface area contributed by atoms with Crippen molar-refractivity contribution in [2.24, 2.45) is 0 Å². The molecule has 0 aliphatic rings. The van der Waals surface area contributed by atoms with Crippen molar-refractivity contribution < 1.29 is 31.1 Å². The van der Waals surface area contributed by atoms with E-state index in [1.165, 1.54) is 18.1 Å². The van der Waals surface area contributed by atoms with E-state index in [0.29, 0.717) is 11.3 Å². The molecule has 0 fully saturated rings. The van der Waals surface area contributed by atoms with E-state index in [1.807, 2.05) is 11.4 Å². The van der Waals surface area contributed by atoms with Gasteiger partial charge in [-0.2, -0.15) is 26.3 Å². The third kappa shape index (κ3) is 5.74. The average molecular weight is 502 g/mol. The molecule has 9 heteroatoms. The lowest BCUT2D eigenvalue weighted by molar-refractivity contribution is -0.350. The summed E-state index contributed by atoms with van der Waals surface area (Å²) in [6, 6.07) is 10.8. The van der Waals surface area contributed by atoms with Crippen LogP contribution < -0.4 is 4.74 Å². The lowest BCUT2D eigenvalue weighted by Crippen LogP contribution is -2.58. The Labute approximate surface area is 198 Å². The van der Waals surface area contributed by atoms with Crippen molar-refractivity contribution in [3.63, 3.8) is 0 Å². The van der Waals surface area contributed by atoms with E-state index in [2.05, 4.69) is 22.7 Å². The standard InChI is InChI=1S/C25H25F6NOS/c1-3-4-5-6-8-17-12-14-34-22(17)19-11-13-32-21(16-19)18-9-7-10-20(15-18)33-23(2,24(26,27)28)25(29,30)31/h7,9-16H,3-6,8H2,1-2H3. The van der Waals surface area contributed by atoms with Crippen molar-refractivity contribution in [1.82, 2.24) is 4.98 Å². The fraction of sp³-hybridized carbons (Fsp3) is 0.400. The van der Waals surface area contributed by atoms with E-state index in [-0.39, 0.29) is 6.92 Å². The number of aromatic nitrogens is 1. The highest BCUT2D eigenvalue weighted by Gasteiger charge is 2.70. The normalized spacial score (nSPS) is 12.7. The number of unbranched alkanes of at least 4 members (excludes halogenated alkanes) is 3. The minimum Gasteiger partial charge on any atom is -0.469 e. The van der Waals surface area contributed by atoms with Crippen LogP contribution in [0.3, 0.4) is 0 Å². The SMILES string of the molecule is CCCCCCc1ccsc1-c1ccnc(-c2cccc(OC(C)(C(F)(F)F)C(F)(F)F)c2)c1. The quantitative estimate of drug-likeness (QED) is 0.216. The summed E-state index contributed by atoms with van der Waals surface area (Å²) in [6.07, 6.45) is -4.22. The molecule has 0 radical (unpaired) electrons. The molecule has 0 aliphatic heterocycles. The highest BCUT2D eigenvalue weighted by molar-refractivity contribution is 7.13. The topological polar surface area (TPSA) is 22.1 Å². The summed E-state index contributed by atoms with van der Waals surface area (Å²) < 4.78 is 83.9. The van der Waals surface area contributed by atoms with Gasteiger partial charge in [-0.1, -0.05) is 38.3 Å². The third-order valence-electron chi connectivity index (χ3n) is 5.60. The van der Waals surface area contributed by atoms with Gasteiger partial charge in [0.1, 0.15) is 5.75 Å². The molecule has 3 aromatic rings. The number of halogens is 6. The van der Waals surface area contributed by atoms with Gasteiger partial charge in [0.15, 0.2) is 0 Å². The molecule has 0 amide bonds. The van der Waals surface area contributed by atoms with E-state index in [9.17, 15) is 26.3 Å². The van der Waals surface area contributed by atoms with Gasteiger partial charge in [-0.3, -0.25) is 4.98 Å². The first kappa shape index (κ1) is 26.1. The lowest BCUT2D eigenvalue weighted by atomic mass is 10.0. The molecule has 0 saturated carbocycles. The first-order valence-corrected chi connectivity index (χ1v) is 11.8. The fourth-order valence-corrected chi connectivity index (χ4v) is 4.44. The Morgan fingerprint density at radius 1 is 0.882 bits per heavy atom. The van der Waals surface area contributed by atoms with Gasteiger partial charge >= 0.3 is 12.4 Å². The van der Waals surface area contributed by atoms with Crippen LogP contribution in [0.5, 0.6) is 5.75 Å². The molecule has 0 saturated heterocycles. The number of thiophene rings is 1. The molecule has 2 aromatic heterocycles. The van der Waals surface area contributed by atoms with Gasteiger partial charge in [-0.25, -0.2) is 0 Å². The fourth-order valence-electron chi connectivity index (χ4n) is 3.49. The summed E-state index contributed by atoms with van der Waals surface area (Å²) in [5.41, 5.74) is -1.45. The van der Waals surface area contributed by atoms with Crippen LogP contribution in [0.15, 0.2) is 54.0 Å². The van der Waals surface area contributed by atoms with Crippen molar-refractivity contribution in [2.45, 2.75) is 63.9 Å². The maximum absolute atomic E-state index is 13.2. The van der Waals surface area contributed by atoms with Gasteiger partial charge in [-0.05, 0) is 66.6 Å². The number of nitrogens with zero attached hydrogens (tertiary/aromatic N) is 1. The van der Waals surface area contributed by atoms with E-state index < -0.39 is 23.7 Å². The summed E-state index contributed by atoms with van der Waals surface area (Å²) >= 11 is 1.58. The van der Waals surface area contributed by atoms with Gasteiger partial charge in [0.2, 0.25) is 0 Å². The number of ether oxygens (including phenoxy) is 1. The van der Waals surface area contributed by atoms with Gasteiger partial charge < -0.3 is 4.74 Å². The molecule has 0 N–H and O–H groups in total. The van der Waals surface area contributed by atoms with E-state index >= 15 is 0 Å². The second-order valence-corrected chi connectivity index (χ2v) is 9.09. The maximum atomic E-state index is 13.2. The van der Waals surface area contributed by atoms with E-state index in [4.69, 9.17) is 0 Å². The summed E-state index contributed by atoms with van der Waals surface area (Å²) in [6.45, 7) is 2.14. The largest absolute Gasteiger partial charge is 0.469 e. The molecule has 2 nitrogen and oxygen atoms in total. The zero-order valence-electron chi connectivity index (χ0n) is 18.8. The highest BCUT2D eigenvalue weighted by Crippen LogP contribution is 2.46. The van der Waals surface area contributed by atoms with Gasteiger partial charge in [0.05, 0.1) is 5.69 Å². The Morgan fingerprint density at radius 2 is 1.62 bits per heavy atom. The molecule has 1 aromatic carbocycles. The molecule has 0 atom stereocenters. The Balaban J connectivity index is 1.88. The van der Waals surface area contributed by atoms with Crippen molar-refractivity contribution in [1.29, 1.82) is 0 Å². The van der Waals surface area contributed by atoms with Crippen LogP contribution in [0.1, 0.15) is 45.1 Å². The minimum absolute atomic E-state index is 0.0165. The minimum atomic E-state index is -5.65. The molecular formula is C25H25F6NOS. The lowest BCUT2D eigenvalue weighted by Gasteiger charge is -2.34.